The van der Waals surface area contributed by atoms with Crippen LogP contribution in [0.2, 0.25) is 0 Å². The first-order valence-electron chi connectivity index (χ1n) is 7.38. The molecule has 1 N–H and O–H groups in total. The number of hydrogen-bond donors (Lipinski definition) is 1. The van der Waals surface area contributed by atoms with Gasteiger partial charge in [-0.2, -0.15) is 0 Å². The lowest BCUT2D eigenvalue weighted by molar-refractivity contribution is -0.0764. The van der Waals surface area contributed by atoms with E-state index in [1.165, 1.54) is 10.8 Å². The summed E-state index contributed by atoms with van der Waals surface area (Å²) in [5.74, 6) is 0. The van der Waals surface area contributed by atoms with Gasteiger partial charge >= 0.3 is 5.69 Å². The first-order valence-corrected chi connectivity index (χ1v) is 8.27. The molecule has 2 heterocycles. The highest BCUT2D eigenvalue weighted by atomic mass is 127. The summed E-state index contributed by atoms with van der Waals surface area (Å²) in [4.78, 5) is 26.0. The number of ether oxygens (including phenoxy) is 3. The second kappa shape index (κ2) is 8.38. The standard InChI is InChI=1S/C14H21IN2O6/c1-4-9-10(23-15)11(21-6-5-20-3)13(22-9)17-7-8(2)12(18)16-14(17)19/h7,9-11,13H,4-6H2,1-3H3,(H,16,18,19)/t9-,10?,11+,13-/m1/s1. The summed E-state index contributed by atoms with van der Waals surface area (Å²) in [6.45, 7) is 4.38. The number of nitrogens with one attached hydrogen (secondary N) is 1. The topological polar surface area (TPSA) is 91.8 Å². The first kappa shape index (κ1) is 18.6. The van der Waals surface area contributed by atoms with Crippen LogP contribution < -0.4 is 11.2 Å². The summed E-state index contributed by atoms with van der Waals surface area (Å²) in [5, 5.41) is 0. The van der Waals surface area contributed by atoms with E-state index in [4.69, 9.17) is 17.3 Å². The van der Waals surface area contributed by atoms with Gasteiger partial charge in [0.05, 0.1) is 19.3 Å². The van der Waals surface area contributed by atoms with Gasteiger partial charge in [-0.15, -0.1) is 0 Å². The van der Waals surface area contributed by atoms with Gasteiger partial charge in [-0.25, -0.2) is 4.79 Å². The molecule has 1 aromatic heterocycles. The highest BCUT2D eigenvalue weighted by molar-refractivity contribution is 14.1. The average Bonchev–Trinajstić information content (AvgIpc) is 2.88. The number of rotatable bonds is 7. The molecule has 0 amide bonds. The quantitative estimate of drug-likeness (QED) is 0.501. The van der Waals surface area contributed by atoms with Gasteiger partial charge < -0.3 is 17.3 Å². The number of aryl methyl sites for hydroxylation is 1. The zero-order chi connectivity index (χ0) is 17.0. The Morgan fingerprint density at radius 3 is 2.70 bits per heavy atom. The predicted octanol–water partition coefficient (Wildman–Crippen LogP) is 0.919. The highest BCUT2D eigenvalue weighted by Crippen LogP contribution is 2.35. The number of aromatic nitrogens is 2. The maximum absolute atomic E-state index is 12.1. The minimum absolute atomic E-state index is 0.205. The smallest absolute Gasteiger partial charge is 0.330 e. The fourth-order valence-corrected chi connectivity index (χ4v) is 3.20. The molecule has 0 aliphatic carbocycles. The van der Waals surface area contributed by atoms with E-state index in [-0.39, 0.29) is 12.2 Å². The van der Waals surface area contributed by atoms with Crippen molar-refractivity contribution in [1.29, 1.82) is 0 Å². The molecule has 1 fully saturated rings. The van der Waals surface area contributed by atoms with Gasteiger partial charge in [-0.3, -0.25) is 14.3 Å². The van der Waals surface area contributed by atoms with Crippen molar-refractivity contribution in [1.82, 2.24) is 9.55 Å². The third-order valence-electron chi connectivity index (χ3n) is 3.81. The molecule has 0 spiro atoms. The van der Waals surface area contributed by atoms with Gasteiger partial charge in [0.2, 0.25) is 0 Å². The third kappa shape index (κ3) is 4.02. The largest absolute Gasteiger partial charge is 0.382 e. The maximum Gasteiger partial charge on any atom is 0.330 e. The van der Waals surface area contributed by atoms with Gasteiger partial charge in [0, 0.05) is 18.9 Å². The predicted molar refractivity (Wildman–Crippen MR) is 90.8 cm³/mol. The van der Waals surface area contributed by atoms with Crippen molar-refractivity contribution >= 4 is 23.0 Å². The fourth-order valence-electron chi connectivity index (χ4n) is 2.59. The van der Waals surface area contributed by atoms with E-state index in [1.54, 1.807) is 14.0 Å². The molecule has 0 saturated carbocycles. The van der Waals surface area contributed by atoms with E-state index in [1.807, 2.05) is 29.9 Å². The second-order valence-corrected chi connectivity index (χ2v) is 5.84. The van der Waals surface area contributed by atoms with Gasteiger partial charge in [0.25, 0.3) is 5.56 Å². The van der Waals surface area contributed by atoms with E-state index in [9.17, 15) is 9.59 Å². The molecule has 1 aromatic rings. The lowest BCUT2D eigenvalue weighted by Gasteiger charge is -2.23. The molecule has 9 heteroatoms. The monoisotopic (exact) mass is 440 g/mol. The number of hydrogen-bond acceptors (Lipinski definition) is 6. The molecule has 0 radical (unpaired) electrons. The Bertz CT molecular complexity index is 630. The van der Waals surface area contributed by atoms with Crippen LogP contribution in [0, 0.1) is 6.92 Å². The highest BCUT2D eigenvalue weighted by Gasteiger charge is 2.46. The molecular weight excluding hydrogens is 419 g/mol. The van der Waals surface area contributed by atoms with Crippen LogP contribution in [0.3, 0.4) is 0 Å². The van der Waals surface area contributed by atoms with Crippen LogP contribution in [0.4, 0.5) is 0 Å². The van der Waals surface area contributed by atoms with Crippen LogP contribution in [-0.2, 0) is 17.3 Å². The Hall–Kier alpha value is -0.750. The lowest BCUT2D eigenvalue weighted by Crippen LogP contribution is -2.40. The third-order valence-corrected chi connectivity index (χ3v) is 4.40. The Labute approximate surface area is 147 Å². The summed E-state index contributed by atoms with van der Waals surface area (Å²) < 4.78 is 23.7. The molecule has 130 valence electrons. The molecule has 4 atom stereocenters. The molecule has 0 bridgehead atoms. The maximum atomic E-state index is 12.1. The van der Waals surface area contributed by atoms with E-state index in [2.05, 4.69) is 4.98 Å². The summed E-state index contributed by atoms with van der Waals surface area (Å²) in [6, 6.07) is 0. The van der Waals surface area contributed by atoms with Crippen molar-refractivity contribution in [3.63, 3.8) is 0 Å². The SMILES string of the molecule is CC[C@H]1O[C@@H](n2cc(C)c(=O)[nH]c2=O)[C@@H](OCCOC)C1OI. The van der Waals surface area contributed by atoms with Crippen molar-refractivity contribution in [2.24, 2.45) is 0 Å². The van der Waals surface area contributed by atoms with Crippen LogP contribution in [0.25, 0.3) is 0 Å². The van der Waals surface area contributed by atoms with Gasteiger partial charge in [0.1, 0.15) is 35.2 Å². The summed E-state index contributed by atoms with van der Waals surface area (Å²) >= 11 is 1.82. The number of halogens is 1. The zero-order valence-corrected chi connectivity index (χ0v) is 15.4. The van der Waals surface area contributed by atoms with Crippen LogP contribution in [0.5, 0.6) is 0 Å². The molecule has 8 nitrogen and oxygen atoms in total. The Kier molecular flexibility index (Phi) is 6.77. The minimum Gasteiger partial charge on any atom is -0.382 e. The van der Waals surface area contributed by atoms with E-state index >= 15 is 0 Å². The Balaban J connectivity index is 2.35. The molecule has 23 heavy (non-hydrogen) atoms. The molecule has 2 rings (SSSR count). The van der Waals surface area contributed by atoms with E-state index in [0.717, 1.165) is 0 Å². The van der Waals surface area contributed by atoms with Crippen LogP contribution in [0.15, 0.2) is 15.8 Å². The number of methoxy groups -OCH3 is 1. The summed E-state index contributed by atoms with van der Waals surface area (Å²) in [5.41, 5.74) is -0.513. The van der Waals surface area contributed by atoms with Crippen LogP contribution in [-0.4, -0.2) is 48.2 Å². The van der Waals surface area contributed by atoms with Crippen molar-refractivity contribution in [2.45, 2.75) is 44.8 Å². The van der Waals surface area contributed by atoms with Crippen molar-refractivity contribution in [3.05, 3.63) is 32.6 Å². The minimum atomic E-state index is -0.667. The Morgan fingerprint density at radius 2 is 2.09 bits per heavy atom. The van der Waals surface area contributed by atoms with Crippen molar-refractivity contribution < 1.29 is 17.3 Å². The van der Waals surface area contributed by atoms with Crippen molar-refractivity contribution in [3.8, 4) is 0 Å². The first-order chi connectivity index (χ1) is 11.0. The number of nitrogens with zero attached hydrogens (tertiary/aromatic N) is 1. The van der Waals surface area contributed by atoms with E-state index < -0.39 is 23.6 Å². The molecule has 1 aliphatic heterocycles. The summed E-state index contributed by atoms with van der Waals surface area (Å²) in [7, 11) is 1.59. The van der Waals surface area contributed by atoms with Crippen LogP contribution >= 0.6 is 23.0 Å². The van der Waals surface area contributed by atoms with Gasteiger partial charge in [-0.05, 0) is 13.3 Å². The lowest BCUT2D eigenvalue weighted by atomic mass is 10.1. The molecule has 1 unspecified atom stereocenters. The fraction of sp³-hybridized carbons (Fsp3) is 0.714. The molecule has 0 aromatic carbocycles. The normalized spacial score (nSPS) is 27.5. The number of H-pyrrole nitrogens is 1. The average molecular weight is 440 g/mol. The van der Waals surface area contributed by atoms with Gasteiger partial charge in [-0.1, -0.05) is 6.92 Å². The second-order valence-electron chi connectivity index (χ2n) is 5.33. The molecular formula is C14H21IN2O6. The Morgan fingerprint density at radius 1 is 1.35 bits per heavy atom. The summed E-state index contributed by atoms with van der Waals surface area (Å²) in [6.07, 6.45) is 0.534. The molecule has 1 saturated heterocycles. The van der Waals surface area contributed by atoms with E-state index in [0.29, 0.717) is 25.2 Å². The van der Waals surface area contributed by atoms with Gasteiger partial charge in [0.15, 0.2) is 6.23 Å². The van der Waals surface area contributed by atoms with Crippen molar-refractivity contribution in [2.75, 3.05) is 20.3 Å². The zero-order valence-electron chi connectivity index (χ0n) is 13.3. The van der Waals surface area contributed by atoms with Crippen LogP contribution in [0.1, 0.15) is 25.1 Å². The molecule has 1 aliphatic rings. The number of aromatic amines is 1.